The van der Waals surface area contributed by atoms with Gasteiger partial charge in [0.05, 0.1) is 5.71 Å². The van der Waals surface area contributed by atoms with E-state index >= 15 is 0 Å². The quantitative estimate of drug-likeness (QED) is 0.593. The average Bonchev–Trinajstić information content (AvgIpc) is 2.85. The Hall–Kier alpha value is -3.09. The third-order valence-corrected chi connectivity index (χ3v) is 5.03. The number of nitrogens with one attached hydrogen (secondary N) is 2. The lowest BCUT2D eigenvalue weighted by atomic mass is 10.0. The molecule has 7 heteroatoms. The molecule has 0 saturated heterocycles. The molecule has 144 valence electrons. The zero-order chi connectivity index (χ0) is 20.4. The monoisotopic (exact) mass is 423 g/mol. The first-order chi connectivity index (χ1) is 14.0. The molecule has 4 nitrogen and oxygen atoms in total. The molecular weight excluding hydrogens is 409 g/mol. The van der Waals surface area contributed by atoms with Crippen LogP contribution < -0.4 is 10.6 Å². The number of benzodiazepines with no additional fused rings is 1. The highest BCUT2D eigenvalue weighted by Gasteiger charge is 2.25. The van der Waals surface area contributed by atoms with Gasteiger partial charge in [0.1, 0.15) is 10.8 Å². The Bertz CT molecular complexity index is 1130. The number of nitrogens with zero attached hydrogens (tertiary/aromatic N) is 1. The number of thiocarbonyl (C=S) groups is 1. The maximum Gasteiger partial charge on any atom is 0.253 e. The molecule has 0 aromatic heterocycles. The molecule has 29 heavy (non-hydrogen) atoms. The number of hydrogen-bond acceptors (Lipinski definition) is 3. The summed E-state index contributed by atoms with van der Waals surface area (Å²) in [7, 11) is 0. The number of benzene rings is 3. The summed E-state index contributed by atoms with van der Waals surface area (Å²) in [6.07, 6.45) is -0.866. The first-order valence-electron chi connectivity index (χ1n) is 8.82. The highest BCUT2D eigenvalue weighted by Crippen LogP contribution is 2.25. The second-order valence-corrected chi connectivity index (χ2v) is 7.25. The third kappa shape index (κ3) is 4.04. The maximum atomic E-state index is 14.6. The van der Waals surface area contributed by atoms with Crippen LogP contribution in [-0.2, 0) is 0 Å². The van der Waals surface area contributed by atoms with E-state index in [0.29, 0.717) is 38.1 Å². The zero-order valence-electron chi connectivity index (χ0n) is 15.0. The van der Waals surface area contributed by atoms with E-state index in [-0.39, 0.29) is 5.91 Å². The van der Waals surface area contributed by atoms with Gasteiger partial charge in [0.15, 0.2) is 6.17 Å². The minimum absolute atomic E-state index is 0.311. The first-order valence-corrected chi connectivity index (χ1v) is 9.61. The molecular formula is C22H15ClFN3OS. The molecule has 1 atom stereocenters. The van der Waals surface area contributed by atoms with Crippen molar-refractivity contribution in [3.05, 3.63) is 100 Å². The molecule has 3 aromatic carbocycles. The van der Waals surface area contributed by atoms with Crippen LogP contribution in [0.15, 0.2) is 77.8 Å². The number of para-hydroxylation sites is 1. The van der Waals surface area contributed by atoms with Gasteiger partial charge in [-0.25, -0.2) is 4.39 Å². The van der Waals surface area contributed by atoms with Gasteiger partial charge < -0.3 is 10.6 Å². The Labute approximate surface area is 177 Å². The molecule has 3 aromatic rings. The lowest BCUT2D eigenvalue weighted by molar-refractivity contribution is 0.0948. The summed E-state index contributed by atoms with van der Waals surface area (Å²) in [6.45, 7) is 0. The van der Waals surface area contributed by atoms with Crippen molar-refractivity contribution >= 4 is 46.1 Å². The smallest absolute Gasteiger partial charge is 0.253 e. The van der Waals surface area contributed by atoms with Crippen LogP contribution >= 0.6 is 23.8 Å². The predicted molar refractivity (Wildman–Crippen MR) is 117 cm³/mol. The molecule has 0 spiro atoms. The molecule has 0 bridgehead atoms. The highest BCUT2D eigenvalue weighted by atomic mass is 35.5. The van der Waals surface area contributed by atoms with E-state index in [1.54, 1.807) is 42.5 Å². The van der Waals surface area contributed by atoms with Gasteiger partial charge in [0, 0.05) is 27.4 Å². The first kappa shape index (κ1) is 19.2. The molecule has 0 saturated carbocycles. The van der Waals surface area contributed by atoms with E-state index < -0.39 is 12.0 Å². The van der Waals surface area contributed by atoms with Crippen LogP contribution in [0, 0.1) is 5.82 Å². The summed E-state index contributed by atoms with van der Waals surface area (Å²) in [6, 6.07) is 20.2. The van der Waals surface area contributed by atoms with E-state index in [1.807, 2.05) is 24.3 Å². The van der Waals surface area contributed by atoms with Crippen LogP contribution in [0.3, 0.4) is 0 Å². The molecule has 1 aliphatic rings. The summed E-state index contributed by atoms with van der Waals surface area (Å²) in [5.74, 6) is -0.768. The fourth-order valence-electron chi connectivity index (χ4n) is 3.03. The van der Waals surface area contributed by atoms with Crippen molar-refractivity contribution in [2.24, 2.45) is 4.99 Å². The van der Waals surface area contributed by atoms with Crippen LogP contribution in [-0.4, -0.2) is 22.8 Å². The lowest BCUT2D eigenvalue weighted by Crippen LogP contribution is -2.41. The van der Waals surface area contributed by atoms with E-state index in [1.165, 1.54) is 6.07 Å². The molecule has 1 aliphatic heterocycles. The number of halogens is 2. The van der Waals surface area contributed by atoms with Crippen molar-refractivity contribution in [2.45, 2.75) is 6.17 Å². The fourth-order valence-corrected chi connectivity index (χ4v) is 3.38. The summed E-state index contributed by atoms with van der Waals surface area (Å²) >= 11 is 11.4. The van der Waals surface area contributed by atoms with Crippen LogP contribution in [0.4, 0.5) is 10.1 Å². The molecule has 0 radical (unpaired) electrons. The summed E-state index contributed by atoms with van der Waals surface area (Å²) in [5.41, 5.74) is 2.55. The SMILES string of the molecule is O=C(N[C@H]1N=C(c2ccccc2F)c2ccccc2NC1=S)c1ccc(Cl)cc1. The molecule has 0 aliphatic carbocycles. The maximum absolute atomic E-state index is 14.6. The summed E-state index contributed by atoms with van der Waals surface area (Å²) < 4.78 is 14.6. The normalized spacial score (nSPS) is 15.6. The van der Waals surface area contributed by atoms with Gasteiger partial charge in [-0.2, -0.15) is 0 Å². The summed E-state index contributed by atoms with van der Waals surface area (Å²) in [4.78, 5) is 17.6. The molecule has 2 N–H and O–H groups in total. The lowest BCUT2D eigenvalue weighted by Gasteiger charge is -2.16. The minimum atomic E-state index is -0.866. The van der Waals surface area contributed by atoms with Gasteiger partial charge in [-0.05, 0) is 42.5 Å². The molecule has 0 fully saturated rings. The van der Waals surface area contributed by atoms with E-state index in [2.05, 4.69) is 15.6 Å². The van der Waals surface area contributed by atoms with E-state index in [9.17, 15) is 9.18 Å². The number of fused-ring (bicyclic) bond motifs is 1. The number of amides is 1. The fraction of sp³-hybridized carbons (Fsp3) is 0.0455. The number of carbonyl (C=O) groups excluding carboxylic acids is 1. The van der Waals surface area contributed by atoms with Crippen LogP contribution in [0.5, 0.6) is 0 Å². The van der Waals surface area contributed by atoms with Crippen molar-refractivity contribution in [1.82, 2.24) is 5.32 Å². The van der Waals surface area contributed by atoms with Crippen LogP contribution in [0.1, 0.15) is 21.5 Å². The Balaban J connectivity index is 1.76. The van der Waals surface area contributed by atoms with Crippen LogP contribution in [0.2, 0.25) is 5.02 Å². The van der Waals surface area contributed by atoms with Gasteiger partial charge in [0.2, 0.25) is 0 Å². The van der Waals surface area contributed by atoms with E-state index in [0.717, 1.165) is 0 Å². The van der Waals surface area contributed by atoms with Crippen LogP contribution in [0.25, 0.3) is 0 Å². The Kier molecular flexibility index (Phi) is 5.38. The minimum Gasteiger partial charge on any atom is -0.346 e. The summed E-state index contributed by atoms with van der Waals surface area (Å²) in [5, 5.41) is 6.45. The predicted octanol–water partition coefficient (Wildman–Crippen LogP) is 4.83. The van der Waals surface area contributed by atoms with Gasteiger partial charge in [-0.1, -0.05) is 54.2 Å². The number of rotatable bonds is 3. The van der Waals surface area contributed by atoms with Gasteiger partial charge in [-0.15, -0.1) is 0 Å². The topological polar surface area (TPSA) is 53.5 Å². The van der Waals surface area contributed by atoms with Crippen molar-refractivity contribution in [3.8, 4) is 0 Å². The Morgan fingerprint density at radius 2 is 1.66 bits per heavy atom. The number of aliphatic imine (C=N–C) groups is 1. The largest absolute Gasteiger partial charge is 0.346 e. The van der Waals surface area contributed by atoms with Crippen molar-refractivity contribution in [2.75, 3.05) is 5.32 Å². The van der Waals surface area contributed by atoms with Crippen molar-refractivity contribution in [1.29, 1.82) is 0 Å². The Morgan fingerprint density at radius 3 is 2.38 bits per heavy atom. The molecule has 1 amide bonds. The molecule has 4 rings (SSSR count). The number of hydrogen-bond donors (Lipinski definition) is 2. The number of carbonyl (C=O) groups is 1. The highest BCUT2D eigenvalue weighted by molar-refractivity contribution is 7.80. The van der Waals surface area contributed by atoms with Gasteiger partial charge in [0.25, 0.3) is 5.91 Å². The Morgan fingerprint density at radius 1 is 1.00 bits per heavy atom. The standard InChI is InChI=1S/C22H15ClFN3OS/c23-14-11-9-13(10-12-14)21(28)27-20-22(29)25-18-8-4-2-6-16(18)19(26-20)15-5-1-3-7-17(15)24/h1-12,20H,(H,25,29)(H,27,28)/t20-/m1/s1. The molecule has 1 heterocycles. The zero-order valence-corrected chi connectivity index (χ0v) is 16.6. The number of anilines is 1. The second kappa shape index (κ2) is 8.11. The van der Waals surface area contributed by atoms with Crippen molar-refractivity contribution in [3.63, 3.8) is 0 Å². The van der Waals surface area contributed by atoms with Gasteiger partial charge >= 0.3 is 0 Å². The van der Waals surface area contributed by atoms with Crippen molar-refractivity contribution < 1.29 is 9.18 Å². The average molecular weight is 424 g/mol. The second-order valence-electron chi connectivity index (χ2n) is 6.38. The van der Waals surface area contributed by atoms with E-state index in [4.69, 9.17) is 23.8 Å². The van der Waals surface area contributed by atoms with Gasteiger partial charge in [-0.3, -0.25) is 9.79 Å². The molecule has 0 unspecified atom stereocenters. The third-order valence-electron chi connectivity index (χ3n) is 4.45.